The van der Waals surface area contributed by atoms with E-state index in [1.807, 2.05) is 34.6 Å². The monoisotopic (exact) mass is 313 g/mol. The van der Waals surface area contributed by atoms with E-state index in [9.17, 15) is 9.59 Å². The van der Waals surface area contributed by atoms with Crippen molar-refractivity contribution in [3.05, 3.63) is 6.92 Å². The van der Waals surface area contributed by atoms with E-state index >= 15 is 0 Å². The van der Waals surface area contributed by atoms with Crippen molar-refractivity contribution in [1.29, 1.82) is 0 Å². The molecule has 0 saturated heterocycles. The van der Waals surface area contributed by atoms with E-state index in [2.05, 4.69) is 6.92 Å². The first-order valence-corrected chi connectivity index (χ1v) is 8.41. The predicted molar refractivity (Wildman–Crippen MR) is 88.2 cm³/mol. The van der Waals surface area contributed by atoms with E-state index < -0.39 is 5.41 Å². The minimum Gasteiger partial charge on any atom is -0.465 e. The molecule has 0 aliphatic heterocycles. The molecule has 0 aliphatic carbocycles. The summed E-state index contributed by atoms with van der Waals surface area (Å²) >= 11 is 0. The molecular weight excluding hydrogens is 280 g/mol. The fraction of sp³-hybridized carbons (Fsp3) is 0.833. The molecular formula is C18H33O4. The zero-order chi connectivity index (χ0) is 17.2. The molecule has 0 aliphatic rings. The van der Waals surface area contributed by atoms with Gasteiger partial charge in [-0.05, 0) is 45.4 Å². The molecule has 2 atom stereocenters. The van der Waals surface area contributed by atoms with Crippen LogP contribution in [0.15, 0.2) is 0 Å². The maximum absolute atomic E-state index is 12.2. The van der Waals surface area contributed by atoms with Crippen molar-refractivity contribution in [2.24, 2.45) is 11.3 Å². The highest BCUT2D eigenvalue weighted by Crippen LogP contribution is 2.30. The van der Waals surface area contributed by atoms with Gasteiger partial charge in [0.2, 0.25) is 0 Å². The number of hydrogen-bond donors (Lipinski definition) is 0. The molecule has 0 aromatic carbocycles. The van der Waals surface area contributed by atoms with Crippen LogP contribution in [0.2, 0.25) is 0 Å². The lowest BCUT2D eigenvalue weighted by Gasteiger charge is -2.27. The summed E-state index contributed by atoms with van der Waals surface area (Å²) in [4.78, 5) is 23.8. The molecule has 129 valence electrons. The van der Waals surface area contributed by atoms with Gasteiger partial charge in [-0.3, -0.25) is 9.59 Å². The Balaban J connectivity index is 4.12. The molecule has 0 rings (SSSR count). The lowest BCUT2D eigenvalue weighted by atomic mass is 9.82. The average molecular weight is 313 g/mol. The zero-order valence-electron chi connectivity index (χ0n) is 14.9. The summed E-state index contributed by atoms with van der Waals surface area (Å²) in [7, 11) is 0. The molecule has 0 bridgehead atoms. The fourth-order valence-corrected chi connectivity index (χ4v) is 1.85. The van der Waals surface area contributed by atoms with E-state index in [1.165, 1.54) is 0 Å². The molecule has 0 aromatic heterocycles. The normalized spacial score (nSPS) is 15.2. The van der Waals surface area contributed by atoms with Crippen LogP contribution in [0.5, 0.6) is 0 Å². The summed E-state index contributed by atoms with van der Waals surface area (Å²) in [5.41, 5.74) is -0.564. The Labute approximate surface area is 135 Å². The number of hydrogen-bond acceptors (Lipinski definition) is 4. The van der Waals surface area contributed by atoms with Gasteiger partial charge >= 0.3 is 11.9 Å². The Morgan fingerprint density at radius 1 is 1.18 bits per heavy atom. The maximum atomic E-state index is 12.2. The van der Waals surface area contributed by atoms with Crippen molar-refractivity contribution < 1.29 is 19.1 Å². The third-order valence-electron chi connectivity index (χ3n) is 3.86. The van der Waals surface area contributed by atoms with Gasteiger partial charge in [0.25, 0.3) is 0 Å². The van der Waals surface area contributed by atoms with Crippen molar-refractivity contribution >= 4 is 11.9 Å². The molecule has 22 heavy (non-hydrogen) atoms. The summed E-state index contributed by atoms with van der Waals surface area (Å²) in [5, 5.41) is 0. The van der Waals surface area contributed by atoms with Crippen LogP contribution in [0, 0.1) is 18.3 Å². The van der Waals surface area contributed by atoms with Crippen LogP contribution in [0.1, 0.15) is 73.1 Å². The van der Waals surface area contributed by atoms with Gasteiger partial charge < -0.3 is 9.47 Å². The third-order valence-corrected chi connectivity index (χ3v) is 3.86. The SMILES string of the molecule is [CH2]CC(C)(CCCCC(=O)OCC(C)C)C(=O)OC(C)CC. The standard InChI is InChI=1S/C18H33O4/c1-7-15(5)22-17(20)18(6,8-2)12-10-9-11-16(19)21-13-14(3)4/h14-15H,2,7-13H2,1,3-6H3. The largest absolute Gasteiger partial charge is 0.465 e. The van der Waals surface area contributed by atoms with Crippen LogP contribution in [-0.2, 0) is 19.1 Å². The smallest absolute Gasteiger partial charge is 0.312 e. The van der Waals surface area contributed by atoms with Gasteiger partial charge in [0.05, 0.1) is 18.1 Å². The van der Waals surface area contributed by atoms with Gasteiger partial charge in [-0.15, -0.1) is 0 Å². The highest BCUT2D eigenvalue weighted by molar-refractivity contribution is 5.76. The van der Waals surface area contributed by atoms with Crippen LogP contribution in [0.25, 0.3) is 0 Å². The van der Waals surface area contributed by atoms with Crippen molar-refractivity contribution in [1.82, 2.24) is 0 Å². The fourth-order valence-electron chi connectivity index (χ4n) is 1.85. The van der Waals surface area contributed by atoms with Gasteiger partial charge in [-0.2, -0.15) is 0 Å². The minimum absolute atomic E-state index is 0.0654. The highest BCUT2D eigenvalue weighted by Gasteiger charge is 2.33. The van der Waals surface area contributed by atoms with Gasteiger partial charge in [-0.1, -0.05) is 34.1 Å². The maximum Gasteiger partial charge on any atom is 0.312 e. The topological polar surface area (TPSA) is 52.6 Å². The molecule has 0 N–H and O–H groups in total. The highest BCUT2D eigenvalue weighted by atomic mass is 16.5. The van der Waals surface area contributed by atoms with E-state index in [1.54, 1.807) is 0 Å². The summed E-state index contributed by atoms with van der Waals surface area (Å²) in [6.07, 6.45) is 3.84. The second-order valence-electron chi connectivity index (χ2n) is 6.72. The molecule has 4 nitrogen and oxygen atoms in total. The van der Waals surface area contributed by atoms with Crippen molar-refractivity contribution in [2.45, 2.75) is 79.2 Å². The van der Waals surface area contributed by atoms with Crippen LogP contribution < -0.4 is 0 Å². The number of esters is 2. The number of unbranched alkanes of at least 4 members (excludes halogenated alkanes) is 1. The van der Waals surface area contributed by atoms with E-state index in [0.717, 1.165) is 19.3 Å². The van der Waals surface area contributed by atoms with Crippen molar-refractivity contribution in [3.8, 4) is 0 Å². The van der Waals surface area contributed by atoms with Gasteiger partial charge in [0.1, 0.15) is 0 Å². The summed E-state index contributed by atoms with van der Waals surface area (Å²) in [5.74, 6) is 0.0141. The van der Waals surface area contributed by atoms with Crippen molar-refractivity contribution in [2.75, 3.05) is 6.61 Å². The lowest BCUT2D eigenvalue weighted by molar-refractivity contribution is -0.160. The van der Waals surface area contributed by atoms with Crippen LogP contribution in [-0.4, -0.2) is 24.6 Å². The Morgan fingerprint density at radius 2 is 1.82 bits per heavy atom. The lowest BCUT2D eigenvalue weighted by Crippen LogP contribution is -2.31. The zero-order valence-corrected chi connectivity index (χ0v) is 14.9. The molecule has 0 heterocycles. The van der Waals surface area contributed by atoms with E-state index in [4.69, 9.17) is 9.47 Å². The van der Waals surface area contributed by atoms with E-state index in [-0.39, 0.29) is 18.0 Å². The van der Waals surface area contributed by atoms with E-state index in [0.29, 0.717) is 31.8 Å². The third kappa shape index (κ3) is 8.40. The van der Waals surface area contributed by atoms with Crippen molar-refractivity contribution in [3.63, 3.8) is 0 Å². The second kappa shape index (κ2) is 10.6. The first kappa shape index (κ1) is 20.9. The summed E-state index contributed by atoms with van der Waals surface area (Å²) in [6.45, 7) is 14.1. The Kier molecular flexibility index (Phi) is 10.1. The molecule has 1 radical (unpaired) electrons. The predicted octanol–water partition coefficient (Wildman–Crippen LogP) is 4.32. The Bertz CT molecular complexity index is 338. The first-order valence-electron chi connectivity index (χ1n) is 8.41. The average Bonchev–Trinajstić information content (AvgIpc) is 2.48. The summed E-state index contributed by atoms with van der Waals surface area (Å²) < 4.78 is 10.6. The molecule has 0 amide bonds. The number of carbonyl (C=O) groups excluding carboxylic acids is 2. The molecule has 4 heteroatoms. The number of carbonyl (C=O) groups is 2. The van der Waals surface area contributed by atoms with Crippen LogP contribution in [0.3, 0.4) is 0 Å². The molecule has 2 unspecified atom stereocenters. The Hall–Kier alpha value is -1.06. The molecule has 0 fully saturated rings. The van der Waals surface area contributed by atoms with Gasteiger partial charge in [-0.25, -0.2) is 0 Å². The van der Waals surface area contributed by atoms with Gasteiger partial charge in [0, 0.05) is 6.42 Å². The molecule has 0 saturated carbocycles. The second-order valence-corrected chi connectivity index (χ2v) is 6.72. The minimum atomic E-state index is -0.564. The van der Waals surface area contributed by atoms with Crippen LogP contribution >= 0.6 is 0 Å². The summed E-state index contributed by atoms with van der Waals surface area (Å²) in [6, 6.07) is 0. The quantitative estimate of drug-likeness (QED) is 0.421. The van der Waals surface area contributed by atoms with Gasteiger partial charge in [0.15, 0.2) is 0 Å². The van der Waals surface area contributed by atoms with Crippen LogP contribution in [0.4, 0.5) is 0 Å². The number of ether oxygens (including phenoxy) is 2. The number of rotatable bonds is 11. The Morgan fingerprint density at radius 3 is 2.32 bits per heavy atom. The molecule has 0 aromatic rings. The molecule has 0 spiro atoms. The first-order chi connectivity index (χ1) is 10.2.